The van der Waals surface area contributed by atoms with Gasteiger partial charge in [-0.25, -0.2) is 0 Å². The highest BCUT2D eigenvalue weighted by molar-refractivity contribution is 6.30. The van der Waals surface area contributed by atoms with Crippen LogP contribution < -0.4 is 24.0 Å². The molecule has 3 aromatic carbocycles. The molecule has 0 spiro atoms. The molecule has 0 radical (unpaired) electrons. The van der Waals surface area contributed by atoms with Crippen LogP contribution in [0.2, 0.25) is 5.02 Å². The third-order valence-electron chi connectivity index (χ3n) is 6.09. The topological polar surface area (TPSA) is 51.2 Å². The summed E-state index contributed by atoms with van der Waals surface area (Å²) in [7, 11) is 5.57. The van der Waals surface area contributed by atoms with E-state index in [-0.39, 0.29) is 12.3 Å². The van der Waals surface area contributed by atoms with Crippen molar-refractivity contribution in [2.24, 2.45) is 0 Å². The average Bonchev–Trinajstić information content (AvgIpc) is 2.84. The minimum Gasteiger partial charge on any atom is -0.494 e. The Bertz CT molecular complexity index is 1210. The molecule has 35 heavy (non-hydrogen) atoms. The molecule has 6 nitrogen and oxygen atoms in total. The van der Waals surface area contributed by atoms with Crippen LogP contribution in [0.1, 0.15) is 36.6 Å². The molecule has 0 saturated carbocycles. The van der Waals surface area contributed by atoms with E-state index in [1.807, 2.05) is 92.3 Å². The molecule has 1 unspecified atom stereocenters. The Morgan fingerprint density at radius 2 is 1.60 bits per heavy atom. The number of nitrogens with zero attached hydrogens (tertiary/aromatic N) is 2. The number of hydrogen-bond donors (Lipinski definition) is 0. The van der Waals surface area contributed by atoms with Crippen LogP contribution >= 0.6 is 11.6 Å². The third-order valence-corrected chi connectivity index (χ3v) is 6.35. The highest BCUT2D eigenvalue weighted by Crippen LogP contribution is 2.46. The quantitative estimate of drug-likeness (QED) is 0.391. The smallest absolute Gasteiger partial charge is 0.232 e. The summed E-state index contributed by atoms with van der Waals surface area (Å²) in [4.78, 5) is 17.6. The number of fused-ring (bicyclic) bond motifs is 1. The molecule has 0 saturated heterocycles. The molecule has 1 aliphatic rings. The first-order chi connectivity index (χ1) is 16.9. The van der Waals surface area contributed by atoms with Crippen LogP contribution in [0.15, 0.2) is 54.6 Å². The van der Waals surface area contributed by atoms with Gasteiger partial charge < -0.3 is 19.1 Å². The fraction of sp³-hybridized carbons (Fsp3) is 0.321. The molecule has 184 valence electrons. The van der Waals surface area contributed by atoms with Gasteiger partial charge in [0.2, 0.25) is 5.91 Å². The summed E-state index contributed by atoms with van der Waals surface area (Å²) in [6.45, 7) is 4.89. The molecule has 0 N–H and O–H groups in total. The minimum absolute atomic E-state index is 0.0278. The van der Waals surface area contributed by atoms with Crippen LogP contribution in [0.4, 0.5) is 11.4 Å². The predicted molar refractivity (Wildman–Crippen MR) is 141 cm³/mol. The highest BCUT2D eigenvalue weighted by atomic mass is 35.5. The van der Waals surface area contributed by atoms with Gasteiger partial charge in [-0.2, -0.15) is 0 Å². The lowest BCUT2D eigenvalue weighted by Gasteiger charge is -2.39. The third kappa shape index (κ3) is 4.89. The van der Waals surface area contributed by atoms with Crippen LogP contribution in [0.3, 0.4) is 0 Å². The summed E-state index contributed by atoms with van der Waals surface area (Å²) >= 11 is 6.21. The number of amides is 1. The molecule has 7 heteroatoms. The van der Waals surface area contributed by atoms with E-state index in [4.69, 9.17) is 25.8 Å². The molecular formula is C28H31ClN2O4. The van der Waals surface area contributed by atoms with Crippen LogP contribution in [0.5, 0.6) is 17.2 Å². The molecule has 0 aromatic heterocycles. The van der Waals surface area contributed by atoms with Crippen LogP contribution in [-0.2, 0) is 11.2 Å². The van der Waals surface area contributed by atoms with Crippen molar-refractivity contribution in [3.8, 4) is 17.2 Å². The van der Waals surface area contributed by atoms with Gasteiger partial charge >= 0.3 is 0 Å². The van der Waals surface area contributed by atoms with Crippen molar-refractivity contribution < 1.29 is 19.0 Å². The zero-order chi connectivity index (χ0) is 25.1. The molecule has 0 aliphatic carbocycles. The number of carbonyl (C=O) groups is 1. The number of halogens is 1. The summed E-state index contributed by atoms with van der Waals surface area (Å²) in [5.74, 6) is 1.91. The Kier molecular flexibility index (Phi) is 7.41. The van der Waals surface area contributed by atoms with Gasteiger partial charge in [0.25, 0.3) is 0 Å². The van der Waals surface area contributed by atoms with Crippen molar-refractivity contribution >= 4 is 28.9 Å². The number of benzene rings is 3. The number of anilines is 2. The Morgan fingerprint density at radius 1 is 0.943 bits per heavy atom. The summed E-state index contributed by atoms with van der Waals surface area (Å²) in [5.41, 5.74) is 4.53. The lowest BCUT2D eigenvalue weighted by Crippen LogP contribution is -2.41. The maximum absolute atomic E-state index is 13.7. The zero-order valence-corrected chi connectivity index (χ0v) is 21.6. The zero-order valence-electron chi connectivity index (χ0n) is 20.8. The van der Waals surface area contributed by atoms with Crippen molar-refractivity contribution in [1.82, 2.24) is 0 Å². The SMILES string of the molecule is CCOc1cc2c(cc1OCC)C(c1ccc(Cl)cc1)N(c1ccc(N(C)C)cc1OC)C(=O)C2. The van der Waals surface area contributed by atoms with Crippen LogP contribution in [0, 0.1) is 0 Å². The van der Waals surface area contributed by atoms with E-state index in [0.29, 0.717) is 41.2 Å². The van der Waals surface area contributed by atoms with Gasteiger partial charge in [0, 0.05) is 30.9 Å². The molecular weight excluding hydrogens is 464 g/mol. The largest absolute Gasteiger partial charge is 0.494 e. The average molecular weight is 495 g/mol. The number of hydrogen-bond acceptors (Lipinski definition) is 5. The van der Waals surface area contributed by atoms with Crippen molar-refractivity contribution in [1.29, 1.82) is 0 Å². The molecule has 1 heterocycles. The molecule has 1 aliphatic heterocycles. The fourth-order valence-electron chi connectivity index (χ4n) is 4.48. The highest BCUT2D eigenvalue weighted by Gasteiger charge is 2.37. The van der Waals surface area contributed by atoms with E-state index in [2.05, 4.69) is 0 Å². The first-order valence-electron chi connectivity index (χ1n) is 11.7. The summed E-state index contributed by atoms with van der Waals surface area (Å²) in [5, 5.41) is 0.636. The lowest BCUT2D eigenvalue weighted by molar-refractivity contribution is -0.118. The van der Waals surface area contributed by atoms with Crippen molar-refractivity contribution in [3.63, 3.8) is 0 Å². The minimum atomic E-state index is -0.391. The monoisotopic (exact) mass is 494 g/mol. The molecule has 0 bridgehead atoms. The number of ether oxygens (including phenoxy) is 3. The Balaban J connectivity index is 1.94. The van der Waals surface area contributed by atoms with E-state index in [0.717, 1.165) is 22.4 Å². The van der Waals surface area contributed by atoms with E-state index in [9.17, 15) is 4.79 Å². The first-order valence-corrected chi connectivity index (χ1v) is 12.1. The first kappa shape index (κ1) is 24.7. The number of rotatable bonds is 8. The summed E-state index contributed by atoms with van der Waals surface area (Å²) in [6, 6.07) is 17.0. The number of carbonyl (C=O) groups excluding carboxylic acids is 1. The standard InChI is InChI=1S/C28H31ClN2O4/c1-6-34-25-14-19-15-27(32)31(23-13-12-21(30(3)4)16-24(23)33-5)28(18-8-10-20(29)11-9-18)22(19)17-26(25)35-7-2/h8-14,16-17,28H,6-7,15H2,1-5H3. The molecule has 1 amide bonds. The second-order valence-electron chi connectivity index (χ2n) is 8.51. The number of methoxy groups -OCH3 is 1. The van der Waals surface area contributed by atoms with Gasteiger partial charge in [0.1, 0.15) is 5.75 Å². The van der Waals surface area contributed by atoms with Gasteiger partial charge in [-0.05, 0) is 66.9 Å². The van der Waals surface area contributed by atoms with Crippen molar-refractivity contribution in [2.75, 3.05) is 44.2 Å². The molecule has 3 aromatic rings. The second kappa shape index (κ2) is 10.5. The summed E-state index contributed by atoms with van der Waals surface area (Å²) < 4.78 is 17.5. The van der Waals surface area contributed by atoms with Crippen LogP contribution in [0.25, 0.3) is 0 Å². The second-order valence-corrected chi connectivity index (χ2v) is 8.95. The summed E-state index contributed by atoms with van der Waals surface area (Å²) in [6.07, 6.45) is 0.241. The molecule has 1 atom stereocenters. The van der Waals surface area contributed by atoms with Crippen molar-refractivity contribution in [2.45, 2.75) is 26.3 Å². The Labute approximate surface area is 212 Å². The van der Waals surface area contributed by atoms with E-state index in [1.54, 1.807) is 7.11 Å². The maximum atomic E-state index is 13.7. The van der Waals surface area contributed by atoms with Gasteiger partial charge in [0.15, 0.2) is 11.5 Å². The predicted octanol–water partition coefficient (Wildman–Crippen LogP) is 5.89. The molecule has 4 rings (SSSR count). The normalized spacial score (nSPS) is 15.0. The van der Waals surface area contributed by atoms with Gasteiger partial charge in [-0.3, -0.25) is 9.69 Å². The van der Waals surface area contributed by atoms with E-state index < -0.39 is 6.04 Å². The lowest BCUT2D eigenvalue weighted by atomic mass is 9.86. The van der Waals surface area contributed by atoms with Crippen LogP contribution in [-0.4, -0.2) is 40.3 Å². The Morgan fingerprint density at radius 3 is 2.20 bits per heavy atom. The van der Waals surface area contributed by atoms with Gasteiger partial charge in [-0.15, -0.1) is 0 Å². The fourth-order valence-corrected chi connectivity index (χ4v) is 4.61. The Hall–Kier alpha value is -3.38. The van der Waals surface area contributed by atoms with Gasteiger partial charge in [-0.1, -0.05) is 23.7 Å². The van der Waals surface area contributed by atoms with Gasteiger partial charge in [0.05, 0.1) is 38.5 Å². The van der Waals surface area contributed by atoms with Crippen molar-refractivity contribution in [3.05, 3.63) is 76.3 Å². The van der Waals surface area contributed by atoms with E-state index >= 15 is 0 Å². The maximum Gasteiger partial charge on any atom is 0.232 e. The van der Waals surface area contributed by atoms with E-state index in [1.165, 1.54) is 0 Å². The molecule has 0 fully saturated rings.